The number of benzene rings is 1. The predicted molar refractivity (Wildman–Crippen MR) is 150 cm³/mol. The monoisotopic (exact) mass is 560 g/mol. The summed E-state index contributed by atoms with van der Waals surface area (Å²) in [5, 5.41) is 27.5. The summed E-state index contributed by atoms with van der Waals surface area (Å²) in [5.41, 5.74) is 18.6. The van der Waals surface area contributed by atoms with Crippen LogP contribution in [0.4, 0.5) is 0 Å². The molecule has 12 N–H and O–H groups in total. The quantitative estimate of drug-likeness (QED) is 0.0709. The van der Waals surface area contributed by atoms with Crippen LogP contribution in [-0.2, 0) is 25.6 Å². The van der Waals surface area contributed by atoms with Crippen LogP contribution in [-0.4, -0.2) is 81.7 Å². The van der Waals surface area contributed by atoms with E-state index in [4.69, 9.17) is 17.2 Å². The molecule has 0 saturated heterocycles. The first-order chi connectivity index (χ1) is 18.8. The Labute approximate surface area is 232 Å². The maximum absolute atomic E-state index is 13.3. The molecule has 0 aliphatic rings. The molecule has 0 spiro atoms. The SMILES string of the molecule is CC(C)C(NC(=O)C(N)Cc1c[nH]c2ccccc12)C(=O)NC(CCCN=C(N)N)C(=O)NC(C(=O)O)C(C)O. The van der Waals surface area contributed by atoms with Gasteiger partial charge in [-0.3, -0.25) is 19.4 Å². The molecular formula is C26H40N8O6. The van der Waals surface area contributed by atoms with Crippen molar-refractivity contribution in [2.75, 3.05) is 6.54 Å². The van der Waals surface area contributed by atoms with Gasteiger partial charge in [0.15, 0.2) is 12.0 Å². The highest BCUT2D eigenvalue weighted by Crippen LogP contribution is 2.19. The number of fused-ring (bicyclic) bond motifs is 1. The fourth-order valence-electron chi connectivity index (χ4n) is 4.10. The molecule has 14 nitrogen and oxygen atoms in total. The summed E-state index contributed by atoms with van der Waals surface area (Å²) >= 11 is 0. The van der Waals surface area contributed by atoms with Crippen LogP contribution in [0.5, 0.6) is 0 Å². The number of aliphatic imine (C=N–C) groups is 1. The second-order valence-electron chi connectivity index (χ2n) is 9.98. The van der Waals surface area contributed by atoms with Gasteiger partial charge in [0.25, 0.3) is 0 Å². The van der Waals surface area contributed by atoms with E-state index in [1.54, 1.807) is 20.0 Å². The Kier molecular flexibility index (Phi) is 11.9. The molecule has 0 bridgehead atoms. The van der Waals surface area contributed by atoms with E-state index in [9.17, 15) is 29.4 Å². The first kappa shape index (κ1) is 32.0. The van der Waals surface area contributed by atoms with Gasteiger partial charge in [-0.15, -0.1) is 0 Å². The van der Waals surface area contributed by atoms with E-state index in [1.807, 2.05) is 24.3 Å². The van der Waals surface area contributed by atoms with Crippen molar-refractivity contribution in [2.24, 2.45) is 28.1 Å². The van der Waals surface area contributed by atoms with Crippen LogP contribution >= 0.6 is 0 Å². The van der Waals surface area contributed by atoms with Crippen LogP contribution in [0.15, 0.2) is 35.5 Å². The van der Waals surface area contributed by atoms with Crippen molar-refractivity contribution in [3.8, 4) is 0 Å². The number of aliphatic carboxylic acids is 1. The van der Waals surface area contributed by atoms with Crippen molar-refractivity contribution < 1.29 is 29.4 Å². The van der Waals surface area contributed by atoms with Crippen molar-refractivity contribution in [1.82, 2.24) is 20.9 Å². The Morgan fingerprint density at radius 2 is 1.62 bits per heavy atom. The summed E-state index contributed by atoms with van der Waals surface area (Å²) in [6.07, 6.45) is 0.957. The van der Waals surface area contributed by atoms with Gasteiger partial charge in [-0.05, 0) is 43.7 Å². The standard InChI is InChI=1S/C26H40N8O6/c1-13(2)20(33-22(36)17(27)11-15-12-31-18-8-5-4-7-16(15)18)24(38)32-19(9-6-10-30-26(28)29)23(37)34-21(14(3)35)25(39)40/h4-5,7-8,12-14,17,19-21,31,35H,6,9-11,27H2,1-3H3,(H,32,38)(H,33,36)(H,34,37)(H,39,40)(H4,28,29,30). The maximum Gasteiger partial charge on any atom is 0.328 e. The van der Waals surface area contributed by atoms with Crippen LogP contribution in [0.25, 0.3) is 10.9 Å². The number of hydrogen-bond donors (Lipinski definition) is 9. The number of aliphatic hydroxyl groups is 1. The molecule has 40 heavy (non-hydrogen) atoms. The number of amides is 3. The molecule has 14 heteroatoms. The van der Waals surface area contributed by atoms with E-state index < -0.39 is 54.0 Å². The van der Waals surface area contributed by atoms with Crippen molar-refractivity contribution in [2.45, 2.75) is 70.3 Å². The lowest BCUT2D eigenvalue weighted by molar-refractivity contribution is -0.145. The first-order valence-electron chi connectivity index (χ1n) is 13.0. The lowest BCUT2D eigenvalue weighted by Crippen LogP contribution is -2.59. The smallest absolute Gasteiger partial charge is 0.328 e. The zero-order chi connectivity index (χ0) is 30.0. The van der Waals surface area contributed by atoms with E-state index in [0.717, 1.165) is 16.5 Å². The maximum atomic E-state index is 13.3. The number of nitrogens with zero attached hydrogens (tertiary/aromatic N) is 1. The molecule has 0 radical (unpaired) electrons. The largest absolute Gasteiger partial charge is 0.480 e. The summed E-state index contributed by atoms with van der Waals surface area (Å²) in [7, 11) is 0. The van der Waals surface area contributed by atoms with Crippen molar-refractivity contribution in [3.63, 3.8) is 0 Å². The van der Waals surface area contributed by atoms with Gasteiger partial charge >= 0.3 is 5.97 Å². The second-order valence-corrected chi connectivity index (χ2v) is 9.98. The molecule has 5 atom stereocenters. The van der Waals surface area contributed by atoms with Gasteiger partial charge in [-0.25, -0.2) is 4.79 Å². The summed E-state index contributed by atoms with van der Waals surface area (Å²) in [5.74, 6) is -3.99. The van der Waals surface area contributed by atoms with E-state index in [-0.39, 0.29) is 37.7 Å². The van der Waals surface area contributed by atoms with Crippen molar-refractivity contribution in [3.05, 3.63) is 36.0 Å². The Bertz CT molecular complexity index is 1210. The second kappa shape index (κ2) is 14.8. The molecule has 220 valence electrons. The molecule has 0 saturated carbocycles. The number of nitrogens with two attached hydrogens (primary N) is 3. The molecule has 5 unspecified atom stereocenters. The van der Waals surface area contributed by atoms with E-state index in [0.29, 0.717) is 0 Å². The van der Waals surface area contributed by atoms with Gasteiger partial charge in [0, 0.05) is 23.6 Å². The van der Waals surface area contributed by atoms with E-state index in [2.05, 4.69) is 25.9 Å². The fourth-order valence-corrected chi connectivity index (χ4v) is 4.10. The molecule has 0 fully saturated rings. The predicted octanol–water partition coefficient (Wildman–Crippen LogP) is -1.33. The van der Waals surface area contributed by atoms with Crippen LogP contribution in [0, 0.1) is 5.92 Å². The molecule has 1 aromatic carbocycles. The molecular weight excluding hydrogens is 520 g/mol. The minimum atomic E-state index is -1.59. The summed E-state index contributed by atoms with van der Waals surface area (Å²) in [4.78, 5) is 57.6. The van der Waals surface area contributed by atoms with Crippen LogP contribution in [0.2, 0.25) is 0 Å². The number of H-pyrrole nitrogens is 1. The highest BCUT2D eigenvalue weighted by atomic mass is 16.4. The Hall–Kier alpha value is -4.17. The number of hydrogen-bond acceptors (Lipinski definition) is 7. The third-order valence-corrected chi connectivity index (χ3v) is 6.32. The zero-order valence-electron chi connectivity index (χ0n) is 22.9. The molecule has 0 aliphatic carbocycles. The van der Waals surface area contributed by atoms with Crippen LogP contribution < -0.4 is 33.2 Å². The first-order valence-corrected chi connectivity index (χ1v) is 13.0. The summed E-state index contributed by atoms with van der Waals surface area (Å²) in [6.45, 7) is 4.82. The Morgan fingerprint density at radius 1 is 0.975 bits per heavy atom. The number of aromatic amines is 1. The van der Waals surface area contributed by atoms with Gasteiger partial charge in [-0.1, -0.05) is 32.0 Å². The zero-order valence-corrected chi connectivity index (χ0v) is 22.9. The van der Waals surface area contributed by atoms with Gasteiger partial charge in [-0.2, -0.15) is 0 Å². The molecule has 2 aromatic rings. The van der Waals surface area contributed by atoms with E-state index in [1.165, 1.54) is 6.92 Å². The van der Waals surface area contributed by atoms with Crippen LogP contribution in [0.1, 0.15) is 39.2 Å². The summed E-state index contributed by atoms with van der Waals surface area (Å²) in [6, 6.07) is 2.83. The lowest BCUT2D eigenvalue weighted by Gasteiger charge is -2.27. The third kappa shape index (κ3) is 9.24. The number of carbonyl (C=O) groups excluding carboxylic acids is 3. The number of aliphatic hydroxyl groups excluding tert-OH is 1. The number of carboxylic acid groups (broad SMARTS) is 1. The average Bonchev–Trinajstić information content (AvgIpc) is 3.28. The molecule has 2 rings (SSSR count). The molecule has 0 aliphatic heterocycles. The number of carbonyl (C=O) groups is 4. The number of carboxylic acids is 1. The van der Waals surface area contributed by atoms with Crippen molar-refractivity contribution >= 4 is 40.6 Å². The van der Waals surface area contributed by atoms with Gasteiger partial charge in [0.05, 0.1) is 12.1 Å². The van der Waals surface area contributed by atoms with Crippen LogP contribution in [0.3, 0.4) is 0 Å². The Morgan fingerprint density at radius 3 is 2.23 bits per heavy atom. The number of rotatable bonds is 15. The van der Waals surface area contributed by atoms with Gasteiger partial charge < -0.3 is 48.3 Å². The topological polar surface area (TPSA) is 251 Å². The number of guanidine groups is 1. The molecule has 1 aromatic heterocycles. The number of aromatic nitrogens is 1. The summed E-state index contributed by atoms with van der Waals surface area (Å²) < 4.78 is 0. The molecule has 3 amide bonds. The van der Waals surface area contributed by atoms with Gasteiger partial charge in [0.1, 0.15) is 12.1 Å². The highest BCUT2D eigenvalue weighted by Gasteiger charge is 2.32. The number of nitrogens with one attached hydrogen (secondary N) is 4. The minimum Gasteiger partial charge on any atom is -0.480 e. The van der Waals surface area contributed by atoms with Crippen molar-refractivity contribution in [1.29, 1.82) is 0 Å². The Balaban J connectivity index is 2.13. The normalized spacial score (nSPS) is 14.9. The lowest BCUT2D eigenvalue weighted by atomic mass is 10.00. The fraction of sp³-hybridized carbons (Fsp3) is 0.500. The molecule has 1 heterocycles. The minimum absolute atomic E-state index is 0.0549. The average molecular weight is 561 g/mol. The van der Waals surface area contributed by atoms with E-state index >= 15 is 0 Å². The number of para-hydroxylation sites is 1. The third-order valence-electron chi connectivity index (χ3n) is 6.32. The highest BCUT2D eigenvalue weighted by molar-refractivity contribution is 5.94. The van der Waals surface area contributed by atoms with Gasteiger partial charge in [0.2, 0.25) is 17.7 Å².